The Kier molecular flexibility index (Phi) is 4.90. The Balaban J connectivity index is 1.40. The van der Waals surface area contributed by atoms with E-state index in [4.69, 9.17) is 4.98 Å². The van der Waals surface area contributed by atoms with Gasteiger partial charge in [-0.2, -0.15) is 0 Å². The number of carbonyl (C=O) groups is 2. The van der Waals surface area contributed by atoms with E-state index >= 15 is 0 Å². The van der Waals surface area contributed by atoms with Crippen LogP contribution in [0.15, 0.2) is 18.6 Å². The second-order valence-corrected chi connectivity index (χ2v) is 8.37. The molecule has 4 rings (SSSR count). The zero-order valence-corrected chi connectivity index (χ0v) is 16.4. The predicted molar refractivity (Wildman–Crippen MR) is 102 cm³/mol. The Bertz CT molecular complexity index is 845. The predicted octanol–water partition coefficient (Wildman–Crippen LogP) is 2.09. The minimum atomic E-state index is -0.175. The molecule has 1 atom stereocenters. The van der Waals surface area contributed by atoms with Crippen molar-refractivity contribution in [3.05, 3.63) is 29.3 Å². The smallest absolute Gasteiger partial charge is 0.227 e. The van der Waals surface area contributed by atoms with Crippen LogP contribution in [-0.2, 0) is 9.59 Å². The van der Waals surface area contributed by atoms with E-state index in [-0.39, 0.29) is 17.7 Å². The van der Waals surface area contributed by atoms with Crippen molar-refractivity contribution >= 4 is 23.2 Å². The molecule has 8 heteroatoms. The van der Waals surface area contributed by atoms with Crippen LogP contribution in [0.3, 0.4) is 0 Å². The molecule has 27 heavy (non-hydrogen) atoms. The van der Waals surface area contributed by atoms with Crippen molar-refractivity contribution in [3.8, 4) is 10.6 Å². The molecule has 2 amide bonds. The van der Waals surface area contributed by atoms with E-state index in [0.29, 0.717) is 18.9 Å². The van der Waals surface area contributed by atoms with Crippen LogP contribution < -0.4 is 0 Å². The van der Waals surface area contributed by atoms with Crippen LogP contribution in [0.2, 0.25) is 0 Å². The number of rotatable bonds is 3. The number of piperidine rings is 1. The topological polar surface area (TPSA) is 79.3 Å². The van der Waals surface area contributed by atoms with Crippen LogP contribution in [0.4, 0.5) is 0 Å². The fourth-order valence-corrected chi connectivity index (χ4v) is 5.10. The third-order valence-corrected chi connectivity index (χ3v) is 6.82. The zero-order valence-electron chi connectivity index (χ0n) is 15.6. The van der Waals surface area contributed by atoms with E-state index in [1.54, 1.807) is 35.8 Å². The number of carbonyl (C=O) groups excluding carboxylic acids is 2. The number of aryl methyl sites for hydroxylation is 1. The molecule has 2 saturated heterocycles. The summed E-state index contributed by atoms with van der Waals surface area (Å²) < 4.78 is 0. The lowest BCUT2D eigenvalue weighted by atomic mass is 9.96. The molecule has 4 heterocycles. The summed E-state index contributed by atoms with van der Waals surface area (Å²) in [6, 6.07) is 1.91. The molecule has 0 spiro atoms. The number of likely N-dealkylation sites (tertiary alicyclic amines) is 2. The van der Waals surface area contributed by atoms with E-state index in [1.807, 2.05) is 17.9 Å². The number of nitrogens with zero attached hydrogens (tertiary/aromatic N) is 5. The van der Waals surface area contributed by atoms with Gasteiger partial charge < -0.3 is 9.80 Å². The van der Waals surface area contributed by atoms with Crippen LogP contribution >= 0.6 is 11.3 Å². The Morgan fingerprint density at radius 1 is 1.30 bits per heavy atom. The van der Waals surface area contributed by atoms with Gasteiger partial charge in [-0.15, -0.1) is 11.3 Å². The quantitative estimate of drug-likeness (QED) is 0.808. The number of amides is 2. The number of thiazole rings is 1. The highest BCUT2D eigenvalue weighted by Crippen LogP contribution is 2.36. The van der Waals surface area contributed by atoms with Gasteiger partial charge in [-0.25, -0.2) is 15.0 Å². The van der Waals surface area contributed by atoms with Crippen molar-refractivity contribution in [3.63, 3.8) is 0 Å². The maximum Gasteiger partial charge on any atom is 0.227 e. The van der Waals surface area contributed by atoms with Gasteiger partial charge in [-0.05, 0) is 25.8 Å². The minimum Gasteiger partial charge on any atom is -0.345 e. The third kappa shape index (κ3) is 3.58. The fraction of sp³-hybridized carbons (Fsp3) is 0.526. The van der Waals surface area contributed by atoms with Crippen molar-refractivity contribution in [1.29, 1.82) is 0 Å². The molecule has 0 saturated carbocycles. The third-order valence-electron chi connectivity index (χ3n) is 5.47. The van der Waals surface area contributed by atoms with Crippen molar-refractivity contribution in [2.45, 2.75) is 32.1 Å². The van der Waals surface area contributed by atoms with Crippen LogP contribution in [-0.4, -0.2) is 63.2 Å². The molecule has 2 aromatic rings. The normalized spacial score (nSPS) is 21.1. The first-order chi connectivity index (χ1) is 13.0. The van der Waals surface area contributed by atoms with Gasteiger partial charge in [0, 0.05) is 45.2 Å². The van der Waals surface area contributed by atoms with Gasteiger partial charge in [0.25, 0.3) is 0 Å². The molecule has 0 aromatic carbocycles. The fourth-order valence-electron chi connectivity index (χ4n) is 3.89. The molecule has 0 N–H and O–H groups in total. The van der Waals surface area contributed by atoms with Crippen molar-refractivity contribution in [1.82, 2.24) is 24.8 Å². The average molecular weight is 385 g/mol. The van der Waals surface area contributed by atoms with E-state index < -0.39 is 0 Å². The SMILES string of the molecule is Cc1nc(C2CCN(C(=O)[C@H]3CC(=O)N(C)C3)CC2)sc1-c1ccncn1. The molecule has 142 valence electrons. The van der Waals surface area contributed by atoms with E-state index in [2.05, 4.69) is 9.97 Å². The molecule has 0 bridgehead atoms. The largest absolute Gasteiger partial charge is 0.345 e. The Hall–Kier alpha value is -2.35. The van der Waals surface area contributed by atoms with Gasteiger partial charge >= 0.3 is 0 Å². The van der Waals surface area contributed by atoms with Crippen molar-refractivity contribution in [2.24, 2.45) is 5.92 Å². The second kappa shape index (κ2) is 7.34. The highest BCUT2D eigenvalue weighted by Gasteiger charge is 2.36. The van der Waals surface area contributed by atoms with Gasteiger partial charge in [0.2, 0.25) is 11.8 Å². The molecule has 2 aromatic heterocycles. The summed E-state index contributed by atoms with van der Waals surface area (Å²) in [6.45, 7) is 4.04. The molecule has 2 fully saturated rings. The monoisotopic (exact) mass is 385 g/mol. The van der Waals surface area contributed by atoms with Gasteiger partial charge in [0.1, 0.15) is 6.33 Å². The Labute approximate surface area is 162 Å². The summed E-state index contributed by atoms with van der Waals surface area (Å²) in [5.74, 6) is 0.397. The lowest BCUT2D eigenvalue weighted by molar-refractivity contribution is -0.136. The summed E-state index contributed by atoms with van der Waals surface area (Å²) in [5, 5.41) is 1.13. The number of hydrogen-bond donors (Lipinski definition) is 0. The average Bonchev–Trinajstić information content (AvgIpc) is 3.24. The molecule has 0 unspecified atom stereocenters. The molecule has 0 aliphatic carbocycles. The second-order valence-electron chi connectivity index (χ2n) is 7.34. The lowest BCUT2D eigenvalue weighted by Gasteiger charge is -2.32. The van der Waals surface area contributed by atoms with Crippen molar-refractivity contribution < 1.29 is 9.59 Å². The summed E-state index contributed by atoms with van der Waals surface area (Å²) >= 11 is 1.70. The molecule has 2 aliphatic heterocycles. The summed E-state index contributed by atoms with van der Waals surface area (Å²) in [7, 11) is 1.77. The van der Waals surface area contributed by atoms with Crippen LogP contribution in [0, 0.1) is 12.8 Å². The number of hydrogen-bond acceptors (Lipinski definition) is 6. The lowest BCUT2D eigenvalue weighted by Crippen LogP contribution is -2.42. The van der Waals surface area contributed by atoms with Crippen LogP contribution in [0.1, 0.15) is 35.9 Å². The van der Waals surface area contributed by atoms with E-state index in [0.717, 1.165) is 47.2 Å². The van der Waals surface area contributed by atoms with Gasteiger partial charge in [-0.3, -0.25) is 9.59 Å². The van der Waals surface area contributed by atoms with Gasteiger partial charge in [0.15, 0.2) is 0 Å². The molecular formula is C19H23N5O2S. The summed E-state index contributed by atoms with van der Waals surface area (Å²) in [5.41, 5.74) is 1.91. The van der Waals surface area contributed by atoms with Gasteiger partial charge in [-0.1, -0.05) is 0 Å². The van der Waals surface area contributed by atoms with E-state index in [1.165, 1.54) is 0 Å². The van der Waals surface area contributed by atoms with E-state index in [9.17, 15) is 9.59 Å². The first-order valence-corrected chi connectivity index (χ1v) is 10.1. The Morgan fingerprint density at radius 2 is 2.07 bits per heavy atom. The van der Waals surface area contributed by atoms with Gasteiger partial charge in [0.05, 0.1) is 27.2 Å². The molecule has 7 nitrogen and oxygen atoms in total. The van der Waals surface area contributed by atoms with Crippen LogP contribution in [0.5, 0.6) is 0 Å². The first kappa shape index (κ1) is 18.0. The first-order valence-electron chi connectivity index (χ1n) is 9.29. The molecule has 2 aliphatic rings. The highest BCUT2D eigenvalue weighted by atomic mass is 32.1. The molecule has 0 radical (unpaired) electrons. The standard InChI is InChI=1S/C19H23N5O2S/c1-12-17(15-3-6-20-11-21-15)27-18(22-12)13-4-7-24(8-5-13)19(26)14-9-16(25)23(2)10-14/h3,6,11,13-14H,4-5,7-10H2,1-2H3/t14-/m0/s1. The maximum absolute atomic E-state index is 12.7. The minimum absolute atomic E-state index is 0.0683. The molecular weight excluding hydrogens is 362 g/mol. The number of aromatic nitrogens is 3. The van der Waals surface area contributed by atoms with Crippen molar-refractivity contribution in [2.75, 3.05) is 26.7 Å². The highest BCUT2D eigenvalue weighted by molar-refractivity contribution is 7.15. The summed E-state index contributed by atoms with van der Waals surface area (Å²) in [6.07, 6.45) is 5.49. The zero-order chi connectivity index (χ0) is 19.0. The van der Waals surface area contributed by atoms with Crippen LogP contribution in [0.25, 0.3) is 10.6 Å². The Morgan fingerprint density at radius 3 is 2.70 bits per heavy atom. The summed E-state index contributed by atoms with van der Waals surface area (Å²) in [4.78, 5) is 42.2. The maximum atomic E-state index is 12.7.